The summed E-state index contributed by atoms with van der Waals surface area (Å²) in [5.41, 5.74) is 5.74. The summed E-state index contributed by atoms with van der Waals surface area (Å²) in [6.07, 6.45) is 5.63. The number of pyridine rings is 1. The number of H-pyrrole nitrogens is 1. The van der Waals surface area contributed by atoms with Crippen LogP contribution in [-0.4, -0.2) is 44.0 Å². The molecular formula is C25H25FN4O3. The molecule has 1 saturated carbocycles. The summed E-state index contributed by atoms with van der Waals surface area (Å²) in [7, 11) is 0. The first-order chi connectivity index (χ1) is 16.1. The van der Waals surface area contributed by atoms with Crippen molar-refractivity contribution in [3.05, 3.63) is 53.6 Å². The molecule has 2 unspecified atom stereocenters. The van der Waals surface area contributed by atoms with Crippen LogP contribution in [0.25, 0.3) is 27.8 Å². The van der Waals surface area contributed by atoms with Crippen LogP contribution < -0.4 is 0 Å². The fourth-order valence-electron chi connectivity index (χ4n) is 5.72. The predicted molar refractivity (Wildman–Crippen MR) is 121 cm³/mol. The minimum atomic E-state index is -0.726. The highest BCUT2D eigenvalue weighted by atomic mass is 19.1. The predicted octanol–water partition coefficient (Wildman–Crippen LogP) is 4.90. The van der Waals surface area contributed by atoms with Crippen LogP contribution >= 0.6 is 0 Å². The molecule has 7 nitrogen and oxygen atoms in total. The van der Waals surface area contributed by atoms with Gasteiger partial charge in [-0.3, -0.25) is 9.89 Å². The molecule has 0 bridgehead atoms. The van der Waals surface area contributed by atoms with Crippen molar-refractivity contribution in [1.29, 1.82) is 0 Å². The number of aromatic nitrogens is 4. The third kappa shape index (κ3) is 3.40. The first kappa shape index (κ1) is 20.4. The Morgan fingerprint density at radius 3 is 2.64 bits per heavy atom. The Bertz CT molecular complexity index is 1340. The lowest BCUT2D eigenvalue weighted by molar-refractivity contribution is -0.141. The maximum absolute atomic E-state index is 13.8. The molecule has 170 valence electrons. The molecule has 2 aliphatic rings. The average Bonchev–Trinajstić information content (AvgIpc) is 3.55. The summed E-state index contributed by atoms with van der Waals surface area (Å²) in [6.45, 7) is 1.38. The number of nitrogens with zero attached hydrogens (tertiary/aromatic N) is 3. The Labute approximate surface area is 189 Å². The summed E-state index contributed by atoms with van der Waals surface area (Å²) in [5.74, 6) is -0.971. The minimum absolute atomic E-state index is 0.112. The highest BCUT2D eigenvalue weighted by molar-refractivity contribution is 5.93. The number of carboxylic acids is 1. The van der Waals surface area contributed by atoms with Gasteiger partial charge in [0.05, 0.1) is 23.1 Å². The van der Waals surface area contributed by atoms with Crippen LogP contribution in [0.15, 0.2) is 36.5 Å². The lowest BCUT2D eigenvalue weighted by Crippen LogP contribution is -2.19. The van der Waals surface area contributed by atoms with Gasteiger partial charge in [0.25, 0.3) is 0 Å². The number of carbonyl (C=O) groups is 1. The smallest absolute Gasteiger partial charge is 0.306 e. The van der Waals surface area contributed by atoms with Gasteiger partial charge in [-0.15, -0.1) is 0 Å². The van der Waals surface area contributed by atoms with Crippen molar-refractivity contribution in [1.82, 2.24) is 19.7 Å². The molecule has 1 saturated heterocycles. The van der Waals surface area contributed by atoms with Crippen molar-refractivity contribution in [3.63, 3.8) is 0 Å². The molecule has 1 aliphatic carbocycles. The molecule has 3 aromatic heterocycles. The Hall–Kier alpha value is -3.26. The monoisotopic (exact) mass is 448 g/mol. The topological polar surface area (TPSA) is 93.0 Å². The first-order valence-corrected chi connectivity index (χ1v) is 11.5. The number of aliphatic carboxylic acids is 1. The number of nitrogens with one attached hydrogen (secondary N) is 1. The van der Waals surface area contributed by atoms with Gasteiger partial charge in [-0.1, -0.05) is 0 Å². The fourth-order valence-corrected chi connectivity index (χ4v) is 5.72. The van der Waals surface area contributed by atoms with Crippen LogP contribution in [-0.2, 0) is 9.53 Å². The molecular weight excluding hydrogens is 423 g/mol. The molecule has 4 aromatic rings. The maximum atomic E-state index is 13.8. The van der Waals surface area contributed by atoms with Crippen molar-refractivity contribution in [3.8, 4) is 5.69 Å². The third-order valence-corrected chi connectivity index (χ3v) is 7.30. The quantitative estimate of drug-likeness (QED) is 0.463. The number of rotatable bonds is 4. The van der Waals surface area contributed by atoms with E-state index in [9.17, 15) is 14.3 Å². The maximum Gasteiger partial charge on any atom is 0.306 e. The van der Waals surface area contributed by atoms with E-state index >= 15 is 0 Å². The molecule has 33 heavy (non-hydrogen) atoms. The van der Waals surface area contributed by atoms with Gasteiger partial charge >= 0.3 is 5.97 Å². The standard InChI is InChI=1S/C25H25FN4O3/c26-18-3-5-19(6-4-18)30-20-12-17-13-27-29-24(17)28-22(20)21(15-1-2-16(11-15)25(31)32)23(30)14-7-9-33-10-8-14/h3-6,12-16H,1-2,7-11H2,(H,31,32)(H,27,28,29). The number of fused-ring (bicyclic) bond motifs is 2. The molecule has 8 heteroatoms. The van der Waals surface area contributed by atoms with E-state index in [0.29, 0.717) is 31.7 Å². The van der Waals surface area contributed by atoms with Gasteiger partial charge in [-0.2, -0.15) is 5.10 Å². The van der Waals surface area contributed by atoms with Crippen molar-refractivity contribution in [2.75, 3.05) is 13.2 Å². The molecule has 0 spiro atoms. The van der Waals surface area contributed by atoms with E-state index in [4.69, 9.17) is 9.72 Å². The molecule has 6 rings (SSSR count). The molecule has 4 heterocycles. The highest BCUT2D eigenvalue weighted by Gasteiger charge is 2.37. The van der Waals surface area contributed by atoms with Crippen LogP contribution in [0.2, 0.25) is 0 Å². The van der Waals surface area contributed by atoms with Crippen LogP contribution in [0.3, 0.4) is 0 Å². The highest BCUT2D eigenvalue weighted by Crippen LogP contribution is 2.47. The molecule has 1 aliphatic heterocycles. The van der Waals surface area contributed by atoms with Gasteiger partial charge in [-0.05, 0) is 68.4 Å². The zero-order chi connectivity index (χ0) is 22.5. The van der Waals surface area contributed by atoms with Gasteiger partial charge in [-0.25, -0.2) is 9.37 Å². The lowest BCUT2D eigenvalue weighted by atomic mass is 9.87. The minimum Gasteiger partial charge on any atom is -0.481 e. The summed E-state index contributed by atoms with van der Waals surface area (Å²) in [6, 6.07) is 8.65. The number of halogens is 1. The number of aromatic amines is 1. The van der Waals surface area contributed by atoms with Crippen LogP contribution in [0.5, 0.6) is 0 Å². The van der Waals surface area contributed by atoms with E-state index in [1.54, 1.807) is 18.3 Å². The lowest BCUT2D eigenvalue weighted by Gasteiger charge is -2.27. The van der Waals surface area contributed by atoms with Gasteiger partial charge in [0.15, 0.2) is 5.65 Å². The van der Waals surface area contributed by atoms with Gasteiger partial charge < -0.3 is 14.4 Å². The zero-order valence-electron chi connectivity index (χ0n) is 18.1. The Kier molecular flexibility index (Phi) is 4.90. The average molecular weight is 448 g/mol. The van der Waals surface area contributed by atoms with E-state index in [0.717, 1.165) is 46.9 Å². The molecule has 2 fully saturated rings. The van der Waals surface area contributed by atoms with Gasteiger partial charge in [0.1, 0.15) is 5.82 Å². The molecule has 1 aromatic carbocycles. The number of carboxylic acid groups (broad SMARTS) is 1. The number of hydrogen-bond donors (Lipinski definition) is 2. The Balaban J connectivity index is 1.65. The molecule has 2 N–H and O–H groups in total. The SMILES string of the molecule is O=C(O)C1CCC(c2c(C3CCOCC3)n(-c3ccc(F)cc3)c3cc4cn[nH]c4nc23)C1. The number of ether oxygens (including phenoxy) is 1. The summed E-state index contributed by atoms with van der Waals surface area (Å²) in [4.78, 5) is 16.7. The second-order valence-electron chi connectivity index (χ2n) is 9.21. The van der Waals surface area contributed by atoms with Crippen LogP contribution in [0.4, 0.5) is 4.39 Å². The van der Waals surface area contributed by atoms with E-state index in [2.05, 4.69) is 20.8 Å². The summed E-state index contributed by atoms with van der Waals surface area (Å²) >= 11 is 0. The fraction of sp³-hybridized carbons (Fsp3) is 0.400. The first-order valence-electron chi connectivity index (χ1n) is 11.5. The normalized spacial score (nSPS) is 21.8. The largest absolute Gasteiger partial charge is 0.481 e. The Morgan fingerprint density at radius 2 is 1.91 bits per heavy atom. The number of benzene rings is 1. The molecule has 2 atom stereocenters. The van der Waals surface area contributed by atoms with Crippen molar-refractivity contribution >= 4 is 28.0 Å². The zero-order valence-corrected chi connectivity index (χ0v) is 18.1. The number of hydrogen-bond acceptors (Lipinski definition) is 4. The van der Waals surface area contributed by atoms with Gasteiger partial charge in [0, 0.05) is 41.5 Å². The second-order valence-corrected chi connectivity index (χ2v) is 9.21. The van der Waals surface area contributed by atoms with Crippen molar-refractivity contribution in [2.24, 2.45) is 5.92 Å². The summed E-state index contributed by atoms with van der Waals surface area (Å²) < 4.78 is 21.7. The molecule has 0 amide bonds. The molecule has 0 radical (unpaired) electrons. The van der Waals surface area contributed by atoms with Crippen molar-refractivity contribution < 1.29 is 19.0 Å². The second kappa shape index (κ2) is 7.95. The van der Waals surface area contributed by atoms with E-state index in [1.165, 1.54) is 17.8 Å². The van der Waals surface area contributed by atoms with Crippen LogP contribution in [0.1, 0.15) is 55.2 Å². The van der Waals surface area contributed by atoms with Gasteiger partial charge in [0.2, 0.25) is 0 Å². The van der Waals surface area contributed by atoms with Crippen molar-refractivity contribution in [2.45, 2.75) is 43.9 Å². The van der Waals surface area contributed by atoms with E-state index < -0.39 is 5.97 Å². The van der Waals surface area contributed by atoms with E-state index in [-0.39, 0.29) is 23.6 Å². The van der Waals surface area contributed by atoms with E-state index in [1.807, 2.05) is 0 Å². The summed E-state index contributed by atoms with van der Waals surface area (Å²) in [5, 5.41) is 17.7. The van der Waals surface area contributed by atoms with Crippen LogP contribution in [0, 0.1) is 11.7 Å². The Morgan fingerprint density at radius 1 is 1.12 bits per heavy atom. The third-order valence-electron chi connectivity index (χ3n) is 7.30.